The number of likely N-dealkylation sites (tertiary alicyclic amines) is 1. The van der Waals surface area contributed by atoms with Crippen molar-refractivity contribution in [1.29, 1.82) is 0 Å². The van der Waals surface area contributed by atoms with E-state index in [1.165, 1.54) is 57.0 Å². The molecule has 0 aliphatic carbocycles. The Hall–Kier alpha value is -7.18. The Morgan fingerprint density at radius 3 is 1.95 bits per heavy atom. The lowest BCUT2D eigenvalue weighted by Gasteiger charge is -2.32. The number of amides is 3. The molecule has 6 aromatic rings. The highest BCUT2D eigenvalue weighted by Crippen LogP contribution is 2.34. The number of benzene rings is 4. The summed E-state index contributed by atoms with van der Waals surface area (Å²) >= 11 is 0. The fourth-order valence-electron chi connectivity index (χ4n) is 6.78. The van der Waals surface area contributed by atoms with Gasteiger partial charge in [0.2, 0.25) is 5.91 Å². The number of nitrogens with two attached hydrogens (primary N) is 1. The van der Waals surface area contributed by atoms with Crippen molar-refractivity contribution in [2.45, 2.75) is 32.0 Å². The van der Waals surface area contributed by atoms with E-state index in [0.29, 0.717) is 41.1 Å². The van der Waals surface area contributed by atoms with Crippen LogP contribution in [0.3, 0.4) is 0 Å². The van der Waals surface area contributed by atoms with Crippen LogP contribution in [0, 0.1) is 11.6 Å². The van der Waals surface area contributed by atoms with E-state index in [1.807, 2.05) is 28.9 Å². The third kappa shape index (κ3) is 10.3. The molecule has 2 aromatic heterocycles. The Labute approximate surface area is 350 Å². The van der Waals surface area contributed by atoms with Crippen molar-refractivity contribution in [1.82, 2.24) is 35.3 Å². The average molecular weight is 833 g/mol. The third-order valence-corrected chi connectivity index (χ3v) is 9.97. The molecular weight excluding hydrogens is 789 g/mol. The zero-order chi connectivity index (χ0) is 43.6. The predicted molar refractivity (Wildman–Crippen MR) is 225 cm³/mol. The highest BCUT2D eigenvalue weighted by Gasteiger charge is 2.28. The maximum atomic E-state index is 13.5. The number of hydrogen-bond acceptors (Lipinski definition) is 11. The Bertz CT molecular complexity index is 2540. The Morgan fingerprint density at radius 1 is 0.869 bits per heavy atom. The number of fused-ring (bicyclic) bond motifs is 1. The number of nitrogens with one attached hydrogen (secondary N) is 2. The van der Waals surface area contributed by atoms with Gasteiger partial charge in [-0.2, -0.15) is 5.10 Å². The maximum Gasteiger partial charge on any atom is 0.488 e. The molecule has 0 saturated carbocycles. The quantitative estimate of drug-likeness (QED) is 0.0882. The van der Waals surface area contributed by atoms with Crippen molar-refractivity contribution < 1.29 is 42.7 Å². The first-order valence-corrected chi connectivity index (χ1v) is 19.1. The summed E-state index contributed by atoms with van der Waals surface area (Å²) in [5.74, 6) is -1.18. The van der Waals surface area contributed by atoms with Gasteiger partial charge in [0.1, 0.15) is 41.0 Å². The van der Waals surface area contributed by atoms with Crippen LogP contribution in [0.2, 0.25) is 0 Å². The average Bonchev–Trinajstić information content (AvgIpc) is 3.68. The Kier molecular flexibility index (Phi) is 14.0. The first-order chi connectivity index (χ1) is 29.4. The van der Waals surface area contributed by atoms with E-state index in [9.17, 15) is 23.2 Å². The van der Waals surface area contributed by atoms with E-state index in [4.69, 9.17) is 30.4 Å². The lowest BCUT2D eigenvalue weighted by molar-refractivity contribution is -0.127. The second-order valence-electron chi connectivity index (χ2n) is 13.9. The molecule has 1 aliphatic heterocycles. The SMILES string of the molecule is C=CC(=O)N1CCC[C@@H](n2nc(-c3ccc(CNC(=O)c4ccc(F)cc4OC)cc3)c3c(N)ncnc32)C1.COc1cc(F)ccc1C(=O)NCc1ccc(B(O)O)cc1. The van der Waals surface area contributed by atoms with Gasteiger partial charge >= 0.3 is 7.12 Å². The molecule has 3 amide bonds. The Morgan fingerprint density at radius 2 is 1.43 bits per heavy atom. The topological polar surface area (TPSA) is 207 Å². The molecule has 0 radical (unpaired) electrons. The summed E-state index contributed by atoms with van der Waals surface area (Å²) in [6.07, 6.45) is 4.43. The molecule has 18 heteroatoms. The van der Waals surface area contributed by atoms with Crippen LogP contribution < -0.4 is 31.3 Å². The normalized spacial score (nSPS) is 13.4. The minimum atomic E-state index is -1.52. The highest BCUT2D eigenvalue weighted by molar-refractivity contribution is 6.58. The van der Waals surface area contributed by atoms with E-state index < -0.39 is 18.8 Å². The largest absolute Gasteiger partial charge is 0.496 e. The molecule has 6 N–H and O–H groups in total. The van der Waals surface area contributed by atoms with Gasteiger partial charge in [0, 0.05) is 43.9 Å². The number of nitrogens with zero attached hydrogens (tertiary/aromatic N) is 5. The smallest absolute Gasteiger partial charge is 0.488 e. The number of piperidine rings is 1. The monoisotopic (exact) mass is 832 g/mol. The summed E-state index contributed by atoms with van der Waals surface area (Å²) in [4.78, 5) is 47.4. The number of aromatic nitrogens is 4. The molecule has 314 valence electrons. The van der Waals surface area contributed by atoms with Crippen molar-refractivity contribution in [3.63, 3.8) is 0 Å². The van der Waals surface area contributed by atoms with Crippen LogP contribution in [0.4, 0.5) is 14.6 Å². The van der Waals surface area contributed by atoms with Crippen molar-refractivity contribution in [2.75, 3.05) is 33.0 Å². The predicted octanol–water partition coefficient (Wildman–Crippen LogP) is 3.95. The first-order valence-electron chi connectivity index (χ1n) is 19.1. The number of rotatable bonds is 12. The van der Waals surface area contributed by atoms with Gasteiger partial charge in [0.15, 0.2) is 5.65 Å². The number of carbonyl (C=O) groups excluding carboxylic acids is 3. The lowest BCUT2D eigenvalue weighted by atomic mass is 9.80. The van der Waals surface area contributed by atoms with Crippen LogP contribution in [-0.2, 0) is 17.9 Å². The zero-order valence-electron chi connectivity index (χ0n) is 33.3. The van der Waals surface area contributed by atoms with Crippen molar-refractivity contribution in [2.24, 2.45) is 0 Å². The maximum absolute atomic E-state index is 13.5. The van der Waals surface area contributed by atoms with Gasteiger partial charge in [-0.3, -0.25) is 14.4 Å². The van der Waals surface area contributed by atoms with Gasteiger partial charge in [-0.1, -0.05) is 55.1 Å². The zero-order valence-corrected chi connectivity index (χ0v) is 33.3. The number of anilines is 1. The molecule has 0 bridgehead atoms. The van der Waals surface area contributed by atoms with E-state index in [2.05, 4.69) is 27.2 Å². The van der Waals surface area contributed by atoms with E-state index >= 15 is 0 Å². The summed E-state index contributed by atoms with van der Waals surface area (Å²) in [5, 5.41) is 29.1. The highest BCUT2D eigenvalue weighted by atomic mass is 19.1. The molecule has 15 nitrogen and oxygen atoms in total. The first kappa shape index (κ1) is 43.4. The number of nitrogen functional groups attached to an aromatic ring is 1. The summed E-state index contributed by atoms with van der Waals surface area (Å²) in [5.41, 5.74) is 10.8. The van der Waals surface area contributed by atoms with Crippen molar-refractivity contribution in [3.8, 4) is 22.8 Å². The molecule has 4 aromatic carbocycles. The molecule has 0 unspecified atom stereocenters. The molecule has 1 aliphatic rings. The number of halogens is 2. The van der Waals surface area contributed by atoms with Crippen LogP contribution in [0.25, 0.3) is 22.3 Å². The molecular formula is C43H43BF2N8O7. The van der Waals surface area contributed by atoms with Crippen LogP contribution in [-0.4, -0.2) is 86.8 Å². The minimum Gasteiger partial charge on any atom is -0.496 e. The van der Waals surface area contributed by atoms with Gasteiger partial charge < -0.3 is 40.8 Å². The van der Waals surface area contributed by atoms with E-state index in [-0.39, 0.29) is 59.5 Å². The number of ether oxygens (including phenoxy) is 2. The lowest BCUT2D eigenvalue weighted by Crippen LogP contribution is -2.40. The van der Waals surface area contributed by atoms with E-state index in [0.717, 1.165) is 35.6 Å². The number of methoxy groups -OCH3 is 2. The second kappa shape index (κ2) is 19.7. The molecule has 1 saturated heterocycles. The molecule has 1 fully saturated rings. The number of carbonyl (C=O) groups is 3. The standard InChI is InChI=1S/C28H28FN7O3.C15H15BFNO4/c1-3-23(37)35-12-4-5-20(15-35)36-27-24(26(30)32-16-33-27)25(34-36)18-8-6-17(7-9-18)14-31-28(38)21-11-10-19(29)13-22(21)39-2;1-22-14-8-12(17)6-7-13(14)15(19)18-9-10-2-4-11(5-3-10)16(20)21/h3,6-11,13,16,20H,1,4-5,12,14-15H2,2H3,(H,31,38)(H2,30,32,33);2-8,20-21H,9H2,1H3,(H,18,19)/t20-;/m1./s1. The van der Waals surface area contributed by atoms with Crippen LogP contribution in [0.15, 0.2) is 104 Å². The fourth-order valence-corrected chi connectivity index (χ4v) is 6.78. The van der Waals surface area contributed by atoms with Crippen LogP contribution >= 0.6 is 0 Å². The van der Waals surface area contributed by atoms with Gasteiger partial charge in [-0.15, -0.1) is 0 Å². The van der Waals surface area contributed by atoms with Gasteiger partial charge in [-0.25, -0.2) is 23.4 Å². The molecule has 1 atom stereocenters. The molecule has 7 rings (SSSR count). The fraction of sp³-hybridized carbons (Fsp3) is 0.209. The van der Waals surface area contributed by atoms with Crippen molar-refractivity contribution in [3.05, 3.63) is 138 Å². The second-order valence-corrected chi connectivity index (χ2v) is 13.9. The summed E-state index contributed by atoms with van der Waals surface area (Å²) in [6.45, 7) is 5.29. The van der Waals surface area contributed by atoms with E-state index in [1.54, 1.807) is 29.2 Å². The number of hydrogen-bond donors (Lipinski definition) is 5. The summed E-state index contributed by atoms with van der Waals surface area (Å²) < 4.78 is 38.5. The van der Waals surface area contributed by atoms with Gasteiger partial charge in [-0.05, 0) is 59.8 Å². The van der Waals surface area contributed by atoms with Gasteiger partial charge in [0.25, 0.3) is 11.8 Å². The van der Waals surface area contributed by atoms with Crippen molar-refractivity contribution >= 4 is 47.2 Å². The summed E-state index contributed by atoms with van der Waals surface area (Å²) in [7, 11) is 1.23. The molecule has 61 heavy (non-hydrogen) atoms. The van der Waals surface area contributed by atoms with Crippen LogP contribution in [0.1, 0.15) is 50.7 Å². The minimum absolute atomic E-state index is 0.0638. The third-order valence-electron chi connectivity index (χ3n) is 9.97. The molecule has 0 spiro atoms. The summed E-state index contributed by atoms with van der Waals surface area (Å²) in [6, 6.07) is 21.4. The van der Waals surface area contributed by atoms with Crippen LogP contribution in [0.5, 0.6) is 11.5 Å². The molecule has 3 heterocycles. The Balaban J connectivity index is 0.000000240. The van der Waals surface area contributed by atoms with Gasteiger partial charge in [0.05, 0.1) is 36.8 Å².